The number of likely N-dealkylation sites (tertiary alicyclic amines) is 1. The summed E-state index contributed by atoms with van der Waals surface area (Å²) in [4.78, 5) is 27.0. The number of amides is 1. The molecule has 2 saturated heterocycles. The Kier molecular flexibility index (Phi) is 4.88. The van der Waals surface area contributed by atoms with Crippen molar-refractivity contribution in [3.63, 3.8) is 0 Å². The third kappa shape index (κ3) is 3.36. The molecule has 3 aliphatic rings. The number of nitrogens with zero attached hydrogens (tertiary/aromatic N) is 4. The molecule has 1 aliphatic carbocycles. The van der Waals surface area contributed by atoms with Gasteiger partial charge in [0.2, 0.25) is 5.95 Å². The van der Waals surface area contributed by atoms with Crippen LogP contribution < -0.4 is 4.90 Å². The van der Waals surface area contributed by atoms with E-state index in [1.54, 1.807) is 7.11 Å². The Morgan fingerprint density at radius 1 is 1.12 bits per heavy atom. The monoisotopic (exact) mass is 344 g/mol. The molecule has 136 valence electrons. The Hall–Kier alpha value is -1.69. The van der Waals surface area contributed by atoms with Crippen molar-refractivity contribution in [3.8, 4) is 0 Å². The smallest absolute Gasteiger partial charge is 0.272 e. The lowest BCUT2D eigenvalue weighted by Crippen LogP contribution is -2.33. The van der Waals surface area contributed by atoms with Crippen LogP contribution >= 0.6 is 0 Å². The maximum Gasteiger partial charge on any atom is 0.272 e. The van der Waals surface area contributed by atoms with Crippen molar-refractivity contribution in [2.45, 2.75) is 44.9 Å². The average molecular weight is 344 g/mol. The number of rotatable bonds is 4. The molecular formula is C19H28N4O2. The minimum Gasteiger partial charge on any atom is -0.384 e. The molecule has 1 amide bonds. The topological polar surface area (TPSA) is 58.6 Å². The van der Waals surface area contributed by atoms with Crippen LogP contribution in [0.15, 0.2) is 0 Å². The van der Waals surface area contributed by atoms with Crippen LogP contribution in [-0.4, -0.2) is 60.7 Å². The number of carbonyl (C=O) groups is 1. The third-order valence-corrected chi connectivity index (χ3v) is 5.74. The molecular weight excluding hydrogens is 316 g/mol. The summed E-state index contributed by atoms with van der Waals surface area (Å²) in [5.41, 5.74) is 2.89. The van der Waals surface area contributed by atoms with Crippen LogP contribution in [-0.2, 0) is 17.6 Å². The predicted octanol–water partition coefficient (Wildman–Crippen LogP) is 2.06. The molecule has 0 saturated carbocycles. The van der Waals surface area contributed by atoms with Gasteiger partial charge in [0, 0.05) is 50.5 Å². The molecule has 1 aromatic heterocycles. The maximum atomic E-state index is 13.2. The van der Waals surface area contributed by atoms with E-state index in [1.165, 1.54) is 12.8 Å². The lowest BCUT2D eigenvalue weighted by atomic mass is 9.94. The summed E-state index contributed by atoms with van der Waals surface area (Å²) in [5, 5.41) is 0. The number of hydrogen-bond donors (Lipinski definition) is 0. The van der Waals surface area contributed by atoms with Crippen molar-refractivity contribution in [3.05, 3.63) is 17.0 Å². The van der Waals surface area contributed by atoms with E-state index in [1.807, 2.05) is 4.90 Å². The molecule has 1 atom stereocenters. The highest BCUT2D eigenvalue weighted by atomic mass is 16.5. The van der Waals surface area contributed by atoms with Gasteiger partial charge in [0.25, 0.3) is 5.91 Å². The van der Waals surface area contributed by atoms with Gasteiger partial charge in [-0.3, -0.25) is 4.79 Å². The van der Waals surface area contributed by atoms with E-state index in [0.29, 0.717) is 11.6 Å². The first kappa shape index (κ1) is 16.8. The molecule has 0 unspecified atom stereocenters. The van der Waals surface area contributed by atoms with Gasteiger partial charge >= 0.3 is 0 Å². The van der Waals surface area contributed by atoms with E-state index in [2.05, 4.69) is 4.90 Å². The highest BCUT2D eigenvalue weighted by molar-refractivity contribution is 5.94. The van der Waals surface area contributed by atoms with Gasteiger partial charge in [-0.05, 0) is 44.9 Å². The van der Waals surface area contributed by atoms with Crippen molar-refractivity contribution in [2.24, 2.45) is 5.92 Å². The van der Waals surface area contributed by atoms with E-state index in [4.69, 9.17) is 14.7 Å². The molecule has 0 bridgehead atoms. The van der Waals surface area contributed by atoms with Gasteiger partial charge in [-0.1, -0.05) is 0 Å². The van der Waals surface area contributed by atoms with Crippen LogP contribution in [0.25, 0.3) is 0 Å². The summed E-state index contributed by atoms with van der Waals surface area (Å²) in [6.07, 6.45) is 7.61. The Balaban J connectivity index is 1.63. The van der Waals surface area contributed by atoms with Crippen LogP contribution in [0, 0.1) is 5.92 Å². The van der Waals surface area contributed by atoms with Crippen molar-refractivity contribution in [2.75, 3.05) is 44.8 Å². The van der Waals surface area contributed by atoms with E-state index < -0.39 is 0 Å². The van der Waals surface area contributed by atoms with Gasteiger partial charge in [-0.2, -0.15) is 0 Å². The van der Waals surface area contributed by atoms with Crippen molar-refractivity contribution in [1.29, 1.82) is 0 Å². The van der Waals surface area contributed by atoms with Gasteiger partial charge in [0.05, 0.1) is 6.61 Å². The van der Waals surface area contributed by atoms with Crippen molar-refractivity contribution < 1.29 is 9.53 Å². The molecule has 0 radical (unpaired) electrons. The third-order valence-electron chi connectivity index (χ3n) is 5.74. The molecule has 6 nitrogen and oxygen atoms in total. The van der Waals surface area contributed by atoms with Gasteiger partial charge in [0.15, 0.2) is 0 Å². The molecule has 0 aromatic carbocycles. The average Bonchev–Trinajstić information content (AvgIpc) is 3.32. The number of anilines is 1. The lowest BCUT2D eigenvalue weighted by Gasteiger charge is -2.24. The molecule has 25 heavy (non-hydrogen) atoms. The summed E-state index contributed by atoms with van der Waals surface area (Å²) >= 11 is 0. The molecule has 0 spiro atoms. The first-order valence-corrected chi connectivity index (χ1v) is 9.69. The van der Waals surface area contributed by atoms with E-state index >= 15 is 0 Å². The first-order chi connectivity index (χ1) is 12.3. The summed E-state index contributed by atoms with van der Waals surface area (Å²) in [7, 11) is 1.73. The summed E-state index contributed by atoms with van der Waals surface area (Å²) in [5.74, 6) is 1.32. The molecule has 6 heteroatoms. The number of aromatic nitrogens is 2. The summed E-state index contributed by atoms with van der Waals surface area (Å²) < 4.78 is 5.27. The van der Waals surface area contributed by atoms with Crippen LogP contribution in [0.2, 0.25) is 0 Å². The fraction of sp³-hybridized carbons (Fsp3) is 0.737. The first-order valence-electron chi connectivity index (χ1n) is 9.69. The van der Waals surface area contributed by atoms with Gasteiger partial charge < -0.3 is 14.5 Å². The quantitative estimate of drug-likeness (QED) is 0.837. The van der Waals surface area contributed by atoms with Gasteiger partial charge in [-0.15, -0.1) is 0 Å². The number of carbonyl (C=O) groups excluding carboxylic acids is 1. The van der Waals surface area contributed by atoms with E-state index in [9.17, 15) is 4.79 Å². The number of methoxy groups -OCH3 is 1. The number of hydrogen-bond acceptors (Lipinski definition) is 5. The fourth-order valence-corrected chi connectivity index (χ4v) is 4.36. The second-order valence-corrected chi connectivity index (χ2v) is 7.56. The van der Waals surface area contributed by atoms with Crippen molar-refractivity contribution >= 4 is 11.9 Å². The van der Waals surface area contributed by atoms with Crippen LogP contribution in [0.4, 0.5) is 5.95 Å². The van der Waals surface area contributed by atoms with Gasteiger partial charge in [-0.25, -0.2) is 9.97 Å². The molecule has 0 N–H and O–H groups in total. The summed E-state index contributed by atoms with van der Waals surface area (Å²) in [6, 6.07) is 0. The van der Waals surface area contributed by atoms with Crippen LogP contribution in [0.5, 0.6) is 0 Å². The zero-order chi connectivity index (χ0) is 17.2. The van der Waals surface area contributed by atoms with Crippen LogP contribution in [0.3, 0.4) is 0 Å². The van der Waals surface area contributed by atoms with E-state index in [-0.39, 0.29) is 5.91 Å². The molecule has 1 aromatic rings. The fourth-order valence-electron chi connectivity index (χ4n) is 4.36. The number of ether oxygens (including phenoxy) is 1. The molecule has 3 heterocycles. The molecule has 2 fully saturated rings. The second kappa shape index (κ2) is 7.28. The summed E-state index contributed by atoms with van der Waals surface area (Å²) in [6.45, 7) is 4.33. The molecule has 2 aliphatic heterocycles. The SMILES string of the molecule is COC[C@H]1CCN(C(=O)c2nc(N3CCCC3)nc3c2CCCC3)C1. The highest BCUT2D eigenvalue weighted by Crippen LogP contribution is 2.28. The normalized spacial score (nSPS) is 23.2. The van der Waals surface area contributed by atoms with E-state index in [0.717, 1.165) is 82.1 Å². The minimum atomic E-state index is 0.0969. The highest BCUT2D eigenvalue weighted by Gasteiger charge is 2.31. The number of fused-ring (bicyclic) bond motifs is 1. The Morgan fingerprint density at radius 2 is 1.92 bits per heavy atom. The Morgan fingerprint density at radius 3 is 2.72 bits per heavy atom. The maximum absolute atomic E-state index is 13.2. The van der Waals surface area contributed by atoms with Gasteiger partial charge in [0.1, 0.15) is 5.69 Å². The largest absolute Gasteiger partial charge is 0.384 e. The number of aryl methyl sites for hydroxylation is 1. The Bertz CT molecular complexity index is 643. The van der Waals surface area contributed by atoms with Crippen molar-refractivity contribution in [1.82, 2.24) is 14.9 Å². The second-order valence-electron chi connectivity index (χ2n) is 7.56. The minimum absolute atomic E-state index is 0.0969. The Labute approximate surface area is 149 Å². The standard InChI is InChI=1S/C19H28N4O2/c1-25-13-14-8-11-23(12-14)18(24)17-15-6-2-3-7-16(15)20-19(21-17)22-9-4-5-10-22/h14H,2-13H2,1H3/t14-/m0/s1. The zero-order valence-electron chi connectivity index (χ0n) is 15.2. The zero-order valence-corrected chi connectivity index (χ0v) is 15.2. The predicted molar refractivity (Wildman–Crippen MR) is 96.0 cm³/mol. The van der Waals surface area contributed by atoms with Crippen LogP contribution in [0.1, 0.15) is 53.8 Å². The lowest BCUT2D eigenvalue weighted by molar-refractivity contribution is 0.0768. The molecule has 4 rings (SSSR count).